The molecule has 8 heavy (non-hydrogen) atoms. The first kappa shape index (κ1) is 5.67. The number of carbonyl (C=O) groups is 1. The lowest BCUT2D eigenvalue weighted by Crippen LogP contribution is -2.41. The van der Waals surface area contributed by atoms with Crippen LogP contribution in [0.3, 0.4) is 0 Å². The third kappa shape index (κ3) is 0.856. The van der Waals surface area contributed by atoms with Gasteiger partial charge >= 0.3 is 0 Å². The number of nitrogens with zero attached hydrogens (tertiary/aromatic N) is 1. The number of rotatable bonds is 1. The van der Waals surface area contributed by atoms with E-state index in [1.807, 2.05) is 12.7 Å². The van der Waals surface area contributed by atoms with Gasteiger partial charge in [0.05, 0.1) is 0 Å². The van der Waals surface area contributed by atoms with Gasteiger partial charge in [-0.3, -0.25) is 4.79 Å². The molecular formula is C5H10BNO. The molecule has 0 spiro atoms. The highest BCUT2D eigenvalue weighted by Crippen LogP contribution is 2.06. The maximum Gasteiger partial charge on any atom is 0.214 e. The van der Waals surface area contributed by atoms with Crippen LogP contribution in [0.2, 0.25) is 6.32 Å². The van der Waals surface area contributed by atoms with Crippen molar-refractivity contribution < 1.29 is 4.79 Å². The molecule has 0 unspecified atom stereocenters. The van der Waals surface area contributed by atoms with E-state index in [2.05, 4.69) is 0 Å². The Balaban J connectivity index is 2.24. The molecule has 1 amide bonds. The van der Waals surface area contributed by atoms with E-state index < -0.39 is 0 Å². The quantitative estimate of drug-likeness (QED) is 0.408. The van der Waals surface area contributed by atoms with Gasteiger partial charge in [-0.1, -0.05) is 0 Å². The zero-order valence-electron chi connectivity index (χ0n) is 5.18. The van der Waals surface area contributed by atoms with Gasteiger partial charge in [0.2, 0.25) is 5.91 Å². The second-order valence-electron chi connectivity index (χ2n) is 2.09. The van der Waals surface area contributed by atoms with Gasteiger partial charge in [-0.2, -0.15) is 0 Å². The van der Waals surface area contributed by atoms with Crippen LogP contribution in [0.5, 0.6) is 0 Å². The molecule has 1 aliphatic heterocycles. The molecule has 0 aromatic carbocycles. The van der Waals surface area contributed by atoms with Gasteiger partial charge in [-0.15, -0.1) is 0 Å². The van der Waals surface area contributed by atoms with E-state index in [4.69, 9.17) is 0 Å². The minimum absolute atomic E-state index is 0.302. The fourth-order valence-corrected chi connectivity index (χ4v) is 0.789. The number of amides is 1. The van der Waals surface area contributed by atoms with Gasteiger partial charge in [-0.25, -0.2) is 0 Å². The first-order valence-electron chi connectivity index (χ1n) is 3.12. The van der Waals surface area contributed by atoms with Crippen LogP contribution < -0.4 is 0 Å². The second kappa shape index (κ2) is 2.20. The summed E-state index contributed by atoms with van der Waals surface area (Å²) in [6.45, 7) is 1.99. The van der Waals surface area contributed by atoms with Gasteiger partial charge in [-0.05, 0) is 12.7 Å². The Bertz CT molecular complexity index is 101. The lowest BCUT2D eigenvalue weighted by Gasteiger charge is -2.30. The number of likely N-dealkylation sites (tertiary alicyclic amines) is 1. The highest BCUT2D eigenvalue weighted by molar-refractivity contribution is 6.19. The van der Waals surface area contributed by atoms with Crippen molar-refractivity contribution in [2.75, 3.05) is 13.1 Å². The summed E-state index contributed by atoms with van der Waals surface area (Å²) in [7, 11) is 1.90. The average Bonchev–Trinajstić information content (AvgIpc) is 1.62. The smallest absolute Gasteiger partial charge is 0.214 e. The van der Waals surface area contributed by atoms with Crippen LogP contribution in [0, 0.1) is 0 Å². The summed E-state index contributed by atoms with van der Waals surface area (Å²) in [4.78, 5) is 12.6. The second-order valence-corrected chi connectivity index (χ2v) is 2.09. The molecule has 1 heterocycles. The zero-order valence-corrected chi connectivity index (χ0v) is 5.18. The Morgan fingerprint density at radius 1 is 1.62 bits per heavy atom. The van der Waals surface area contributed by atoms with Gasteiger partial charge in [0, 0.05) is 13.1 Å². The van der Waals surface area contributed by atoms with Crippen LogP contribution in [-0.4, -0.2) is 31.7 Å². The molecule has 1 saturated heterocycles. The van der Waals surface area contributed by atoms with E-state index in [-0.39, 0.29) is 0 Å². The normalized spacial score (nSPS) is 17.8. The van der Waals surface area contributed by atoms with Gasteiger partial charge < -0.3 is 4.90 Å². The summed E-state index contributed by atoms with van der Waals surface area (Å²) in [5, 5.41) is 0. The first-order valence-corrected chi connectivity index (χ1v) is 3.12. The number of carbonyl (C=O) groups excluding carboxylic acids is 1. The van der Waals surface area contributed by atoms with E-state index in [0.29, 0.717) is 12.2 Å². The molecule has 0 N–H and O–H groups in total. The summed E-state index contributed by atoms with van der Waals surface area (Å²) in [6.07, 6.45) is 1.87. The molecule has 44 valence electrons. The largest absolute Gasteiger partial charge is 0.343 e. The molecule has 1 rings (SSSR count). The van der Waals surface area contributed by atoms with Crippen LogP contribution >= 0.6 is 0 Å². The molecule has 0 bridgehead atoms. The molecule has 0 saturated carbocycles. The van der Waals surface area contributed by atoms with E-state index in [1.54, 1.807) is 0 Å². The first-order chi connectivity index (χ1) is 3.84. The Hall–Kier alpha value is -0.465. The van der Waals surface area contributed by atoms with Crippen molar-refractivity contribution in [3.05, 3.63) is 0 Å². The third-order valence-corrected chi connectivity index (χ3v) is 1.51. The van der Waals surface area contributed by atoms with E-state index in [9.17, 15) is 4.79 Å². The molecule has 1 fully saturated rings. The summed E-state index contributed by atoms with van der Waals surface area (Å²) < 4.78 is 0. The molecular weight excluding hydrogens is 101 g/mol. The van der Waals surface area contributed by atoms with Gasteiger partial charge in [0.15, 0.2) is 0 Å². The van der Waals surface area contributed by atoms with Crippen molar-refractivity contribution >= 4 is 13.8 Å². The minimum Gasteiger partial charge on any atom is -0.343 e. The van der Waals surface area contributed by atoms with Crippen molar-refractivity contribution in [3.8, 4) is 0 Å². The maximum atomic E-state index is 10.7. The maximum absolute atomic E-state index is 10.7. The van der Waals surface area contributed by atoms with Crippen LogP contribution in [0.4, 0.5) is 0 Å². The summed E-state index contributed by atoms with van der Waals surface area (Å²) in [5.41, 5.74) is 0. The molecule has 0 radical (unpaired) electrons. The number of hydrogen-bond acceptors (Lipinski definition) is 1. The predicted octanol–water partition coefficient (Wildman–Crippen LogP) is -0.730. The topological polar surface area (TPSA) is 20.3 Å². The predicted molar refractivity (Wildman–Crippen MR) is 34.5 cm³/mol. The van der Waals surface area contributed by atoms with Crippen molar-refractivity contribution in [2.24, 2.45) is 0 Å². The Morgan fingerprint density at radius 3 is 2.38 bits per heavy atom. The van der Waals surface area contributed by atoms with Crippen LogP contribution in [0.25, 0.3) is 0 Å². The SMILES string of the molecule is BCC(=O)N1CCC1. The highest BCUT2D eigenvalue weighted by atomic mass is 16.2. The Morgan fingerprint density at radius 2 is 2.25 bits per heavy atom. The van der Waals surface area contributed by atoms with Crippen molar-refractivity contribution in [3.63, 3.8) is 0 Å². The van der Waals surface area contributed by atoms with Gasteiger partial charge in [0.1, 0.15) is 7.85 Å². The number of hydrogen-bond donors (Lipinski definition) is 0. The molecule has 0 atom stereocenters. The van der Waals surface area contributed by atoms with Crippen molar-refractivity contribution in [2.45, 2.75) is 12.7 Å². The highest BCUT2D eigenvalue weighted by Gasteiger charge is 2.17. The van der Waals surface area contributed by atoms with Crippen molar-refractivity contribution in [1.29, 1.82) is 0 Å². The lowest BCUT2D eigenvalue weighted by molar-refractivity contribution is -0.132. The van der Waals surface area contributed by atoms with Crippen molar-refractivity contribution in [1.82, 2.24) is 4.90 Å². The summed E-state index contributed by atoms with van der Waals surface area (Å²) in [5.74, 6) is 0.302. The van der Waals surface area contributed by atoms with Crippen LogP contribution in [0.1, 0.15) is 6.42 Å². The zero-order chi connectivity index (χ0) is 5.98. The molecule has 0 aromatic rings. The minimum atomic E-state index is 0.302. The van der Waals surface area contributed by atoms with Crippen LogP contribution in [0.15, 0.2) is 0 Å². The molecule has 3 heteroatoms. The fraction of sp³-hybridized carbons (Fsp3) is 0.800. The summed E-state index contributed by atoms with van der Waals surface area (Å²) in [6, 6.07) is 0. The van der Waals surface area contributed by atoms with E-state index >= 15 is 0 Å². The molecule has 1 aliphatic rings. The molecule has 0 aliphatic carbocycles. The Labute approximate surface area is 50.3 Å². The van der Waals surface area contributed by atoms with Crippen LogP contribution in [-0.2, 0) is 4.79 Å². The molecule has 0 aromatic heterocycles. The summed E-state index contributed by atoms with van der Waals surface area (Å²) >= 11 is 0. The average molecular weight is 111 g/mol. The third-order valence-electron chi connectivity index (χ3n) is 1.51. The monoisotopic (exact) mass is 111 g/mol. The van der Waals surface area contributed by atoms with E-state index in [0.717, 1.165) is 13.1 Å². The lowest BCUT2D eigenvalue weighted by atomic mass is 10.0. The Kier molecular flexibility index (Phi) is 1.56. The van der Waals surface area contributed by atoms with Gasteiger partial charge in [0.25, 0.3) is 0 Å². The standard InChI is InChI=1S/C5H10BNO/c6-4-5(8)7-2-1-3-7/h1-4,6H2. The van der Waals surface area contributed by atoms with E-state index in [1.165, 1.54) is 6.42 Å². The fourth-order valence-electron chi connectivity index (χ4n) is 0.789. The molecule has 2 nitrogen and oxygen atoms in total.